The van der Waals surface area contributed by atoms with Crippen LogP contribution in [0.5, 0.6) is 5.75 Å². The number of hydrogen-bond donors (Lipinski definition) is 0. The van der Waals surface area contributed by atoms with Crippen molar-refractivity contribution in [1.82, 2.24) is 9.97 Å². The molecule has 0 spiro atoms. The first kappa shape index (κ1) is 7.98. The standard InChI is InChI=1S/C10H10N2O/c1-7-3-8-9(12-4-7)5-11-6-10(8)13-2/h3-6H,1-2H3. The van der Waals surface area contributed by atoms with Gasteiger partial charge in [0, 0.05) is 11.6 Å². The van der Waals surface area contributed by atoms with Gasteiger partial charge in [-0.05, 0) is 18.6 Å². The third-order valence-corrected chi connectivity index (χ3v) is 1.93. The van der Waals surface area contributed by atoms with E-state index in [1.807, 2.05) is 19.2 Å². The molecule has 0 aliphatic rings. The highest BCUT2D eigenvalue weighted by Gasteiger charge is 2.01. The van der Waals surface area contributed by atoms with Crippen molar-refractivity contribution in [3.63, 3.8) is 0 Å². The van der Waals surface area contributed by atoms with Gasteiger partial charge in [0.05, 0.1) is 25.0 Å². The van der Waals surface area contributed by atoms with Crippen molar-refractivity contribution >= 4 is 10.9 Å². The molecule has 13 heavy (non-hydrogen) atoms. The fraction of sp³-hybridized carbons (Fsp3) is 0.200. The first-order valence-corrected chi connectivity index (χ1v) is 4.05. The maximum Gasteiger partial charge on any atom is 0.146 e. The zero-order valence-electron chi connectivity index (χ0n) is 7.61. The van der Waals surface area contributed by atoms with Gasteiger partial charge in [-0.3, -0.25) is 9.97 Å². The molecule has 2 heterocycles. The second-order valence-corrected chi connectivity index (χ2v) is 2.92. The topological polar surface area (TPSA) is 35.0 Å². The average Bonchev–Trinajstić information content (AvgIpc) is 2.17. The third-order valence-electron chi connectivity index (χ3n) is 1.93. The van der Waals surface area contributed by atoms with Crippen LogP contribution in [0.4, 0.5) is 0 Å². The van der Waals surface area contributed by atoms with Crippen molar-refractivity contribution in [2.75, 3.05) is 7.11 Å². The number of methoxy groups -OCH3 is 1. The van der Waals surface area contributed by atoms with Crippen LogP contribution in [0.15, 0.2) is 24.7 Å². The maximum atomic E-state index is 5.18. The SMILES string of the molecule is COc1cncc2ncc(C)cc12. The van der Waals surface area contributed by atoms with Gasteiger partial charge in [-0.2, -0.15) is 0 Å². The average molecular weight is 174 g/mol. The van der Waals surface area contributed by atoms with Crippen molar-refractivity contribution in [1.29, 1.82) is 0 Å². The molecule has 0 amide bonds. The fourth-order valence-corrected chi connectivity index (χ4v) is 1.29. The normalized spacial score (nSPS) is 10.3. The minimum atomic E-state index is 0.772. The number of pyridine rings is 2. The summed E-state index contributed by atoms with van der Waals surface area (Å²) < 4.78 is 5.18. The van der Waals surface area contributed by atoms with Crippen molar-refractivity contribution < 1.29 is 4.74 Å². The molecule has 66 valence electrons. The van der Waals surface area contributed by atoms with Crippen molar-refractivity contribution in [3.8, 4) is 5.75 Å². The number of aromatic nitrogens is 2. The lowest BCUT2D eigenvalue weighted by Crippen LogP contribution is -1.89. The molecule has 0 bridgehead atoms. The Labute approximate surface area is 76.4 Å². The number of aryl methyl sites for hydroxylation is 1. The van der Waals surface area contributed by atoms with Crippen LogP contribution in [0.25, 0.3) is 10.9 Å². The highest BCUT2D eigenvalue weighted by Crippen LogP contribution is 2.22. The summed E-state index contributed by atoms with van der Waals surface area (Å²) in [5.74, 6) is 0.772. The van der Waals surface area contributed by atoms with Crippen LogP contribution in [0.2, 0.25) is 0 Å². The lowest BCUT2D eigenvalue weighted by atomic mass is 10.2. The quantitative estimate of drug-likeness (QED) is 0.662. The molecule has 0 aliphatic heterocycles. The van der Waals surface area contributed by atoms with Gasteiger partial charge in [0.15, 0.2) is 0 Å². The Kier molecular flexibility index (Phi) is 1.85. The largest absolute Gasteiger partial charge is 0.494 e. The van der Waals surface area contributed by atoms with Crippen molar-refractivity contribution in [2.24, 2.45) is 0 Å². The molecule has 0 fully saturated rings. The van der Waals surface area contributed by atoms with E-state index in [9.17, 15) is 0 Å². The lowest BCUT2D eigenvalue weighted by Gasteiger charge is -2.03. The Morgan fingerprint density at radius 3 is 2.85 bits per heavy atom. The zero-order chi connectivity index (χ0) is 9.26. The predicted molar refractivity (Wildman–Crippen MR) is 50.8 cm³/mol. The lowest BCUT2D eigenvalue weighted by molar-refractivity contribution is 0.418. The summed E-state index contributed by atoms with van der Waals surface area (Å²) in [4.78, 5) is 8.27. The maximum absolute atomic E-state index is 5.18. The number of fused-ring (bicyclic) bond motifs is 1. The Morgan fingerprint density at radius 1 is 1.23 bits per heavy atom. The summed E-state index contributed by atoms with van der Waals surface area (Å²) in [5, 5.41) is 1.01. The molecular weight excluding hydrogens is 164 g/mol. The number of ether oxygens (including phenoxy) is 1. The van der Waals surface area contributed by atoms with E-state index in [0.29, 0.717) is 0 Å². The van der Waals surface area contributed by atoms with Crippen LogP contribution in [0.3, 0.4) is 0 Å². The van der Waals surface area contributed by atoms with Crippen LogP contribution in [0.1, 0.15) is 5.56 Å². The molecule has 0 aromatic carbocycles. The van der Waals surface area contributed by atoms with E-state index in [2.05, 4.69) is 9.97 Å². The molecule has 0 saturated heterocycles. The highest BCUT2D eigenvalue weighted by molar-refractivity contribution is 5.84. The van der Waals surface area contributed by atoms with Gasteiger partial charge in [-0.15, -0.1) is 0 Å². The van der Waals surface area contributed by atoms with E-state index in [1.54, 1.807) is 19.5 Å². The molecule has 3 heteroatoms. The van der Waals surface area contributed by atoms with Gasteiger partial charge < -0.3 is 4.74 Å². The summed E-state index contributed by atoms with van der Waals surface area (Å²) in [6.07, 6.45) is 5.25. The van der Waals surface area contributed by atoms with E-state index in [1.165, 1.54) is 0 Å². The number of rotatable bonds is 1. The summed E-state index contributed by atoms with van der Waals surface area (Å²) in [6, 6.07) is 2.04. The van der Waals surface area contributed by atoms with Gasteiger partial charge >= 0.3 is 0 Å². The van der Waals surface area contributed by atoms with Crippen LogP contribution in [0, 0.1) is 6.92 Å². The van der Waals surface area contributed by atoms with Crippen molar-refractivity contribution in [2.45, 2.75) is 6.92 Å². The van der Waals surface area contributed by atoms with E-state index in [-0.39, 0.29) is 0 Å². The van der Waals surface area contributed by atoms with Gasteiger partial charge in [-0.25, -0.2) is 0 Å². The Morgan fingerprint density at radius 2 is 2.08 bits per heavy atom. The number of nitrogens with zero attached hydrogens (tertiary/aromatic N) is 2. The predicted octanol–water partition coefficient (Wildman–Crippen LogP) is 1.95. The molecule has 0 atom stereocenters. The molecule has 2 aromatic rings. The molecule has 0 unspecified atom stereocenters. The second kappa shape index (κ2) is 3.01. The zero-order valence-corrected chi connectivity index (χ0v) is 7.61. The molecule has 0 saturated carbocycles. The Balaban J connectivity index is 2.79. The molecule has 0 aliphatic carbocycles. The molecule has 2 rings (SSSR count). The van der Waals surface area contributed by atoms with Crippen LogP contribution < -0.4 is 4.74 Å². The monoisotopic (exact) mass is 174 g/mol. The van der Waals surface area contributed by atoms with Gasteiger partial charge in [0.2, 0.25) is 0 Å². The molecular formula is C10H10N2O. The van der Waals surface area contributed by atoms with Gasteiger partial charge in [0.1, 0.15) is 5.75 Å². The van der Waals surface area contributed by atoms with Crippen LogP contribution in [-0.4, -0.2) is 17.1 Å². The minimum absolute atomic E-state index is 0.772. The minimum Gasteiger partial charge on any atom is -0.494 e. The van der Waals surface area contributed by atoms with Gasteiger partial charge in [-0.1, -0.05) is 0 Å². The Hall–Kier alpha value is -1.64. The van der Waals surface area contributed by atoms with Gasteiger partial charge in [0.25, 0.3) is 0 Å². The van der Waals surface area contributed by atoms with E-state index < -0.39 is 0 Å². The molecule has 0 radical (unpaired) electrons. The summed E-state index contributed by atoms with van der Waals surface area (Å²) >= 11 is 0. The number of hydrogen-bond acceptors (Lipinski definition) is 3. The summed E-state index contributed by atoms with van der Waals surface area (Å²) in [6.45, 7) is 2.01. The molecule has 3 nitrogen and oxygen atoms in total. The first-order valence-electron chi connectivity index (χ1n) is 4.05. The van der Waals surface area contributed by atoms with E-state index in [4.69, 9.17) is 4.74 Å². The summed E-state index contributed by atoms with van der Waals surface area (Å²) in [5.41, 5.74) is 1.99. The van der Waals surface area contributed by atoms with Crippen molar-refractivity contribution in [3.05, 3.63) is 30.2 Å². The van der Waals surface area contributed by atoms with E-state index in [0.717, 1.165) is 22.2 Å². The molecule has 0 N–H and O–H groups in total. The Bertz CT molecular complexity index is 440. The fourth-order valence-electron chi connectivity index (χ4n) is 1.29. The van der Waals surface area contributed by atoms with Crippen LogP contribution in [-0.2, 0) is 0 Å². The third kappa shape index (κ3) is 1.33. The second-order valence-electron chi connectivity index (χ2n) is 2.92. The van der Waals surface area contributed by atoms with Crippen LogP contribution >= 0.6 is 0 Å². The highest BCUT2D eigenvalue weighted by atomic mass is 16.5. The van der Waals surface area contributed by atoms with E-state index >= 15 is 0 Å². The first-order chi connectivity index (χ1) is 6.31. The molecule has 2 aromatic heterocycles. The smallest absolute Gasteiger partial charge is 0.146 e. The summed E-state index contributed by atoms with van der Waals surface area (Å²) in [7, 11) is 1.64.